The van der Waals surface area contributed by atoms with E-state index in [9.17, 15) is 18.0 Å². The number of hydrogen-bond donors (Lipinski definition) is 1. The van der Waals surface area contributed by atoms with Crippen molar-refractivity contribution >= 4 is 28.1 Å². The van der Waals surface area contributed by atoms with E-state index in [2.05, 4.69) is 9.68 Å². The Labute approximate surface area is 157 Å². The Morgan fingerprint density at radius 1 is 1.04 bits per heavy atom. The molecule has 2 aromatic rings. The zero-order valence-electron chi connectivity index (χ0n) is 14.7. The number of nitrogens with one attached hydrogen (secondary N) is 1. The van der Waals surface area contributed by atoms with Crippen molar-refractivity contribution in [2.45, 2.75) is 12.5 Å². The minimum absolute atomic E-state index is 0.0445. The number of carbonyl (C=O) groups excluding carboxylic acids is 2. The lowest BCUT2D eigenvalue weighted by molar-refractivity contribution is -0.141. The van der Waals surface area contributed by atoms with Crippen LogP contribution >= 0.6 is 0 Å². The fourth-order valence-corrected chi connectivity index (χ4v) is 2.63. The Bertz CT molecular complexity index is 929. The van der Waals surface area contributed by atoms with Gasteiger partial charge in [0.25, 0.3) is 5.91 Å². The van der Waals surface area contributed by atoms with Gasteiger partial charge in [-0.3, -0.25) is 9.59 Å². The number of carbonyl (C=O) groups is 2. The van der Waals surface area contributed by atoms with Gasteiger partial charge in [-0.05, 0) is 42.0 Å². The Morgan fingerprint density at radius 3 is 2.19 bits per heavy atom. The molecule has 27 heavy (non-hydrogen) atoms. The highest BCUT2D eigenvalue weighted by atomic mass is 32.2. The number of amides is 1. The zero-order valence-corrected chi connectivity index (χ0v) is 15.5. The van der Waals surface area contributed by atoms with E-state index in [1.807, 2.05) is 0 Å². The number of esters is 1. The molecule has 0 fully saturated rings. The van der Waals surface area contributed by atoms with E-state index in [0.29, 0.717) is 16.9 Å². The first kappa shape index (κ1) is 20.1. The number of rotatable bonds is 7. The Balaban J connectivity index is 2.21. The van der Waals surface area contributed by atoms with Gasteiger partial charge in [-0.15, -0.1) is 4.36 Å². The molecule has 0 bridgehead atoms. The minimum Gasteiger partial charge on any atom is -0.497 e. The predicted octanol–water partition coefficient (Wildman–Crippen LogP) is 2.42. The summed E-state index contributed by atoms with van der Waals surface area (Å²) in [7, 11) is 0.252. The van der Waals surface area contributed by atoms with Crippen LogP contribution in [0.15, 0.2) is 52.9 Å². The first-order valence-electron chi connectivity index (χ1n) is 7.85. The van der Waals surface area contributed by atoms with Gasteiger partial charge >= 0.3 is 16.5 Å². The monoisotopic (exact) mass is 390 g/mol. The second kappa shape index (κ2) is 9.48. The van der Waals surface area contributed by atoms with Crippen molar-refractivity contribution < 1.29 is 27.5 Å². The predicted molar refractivity (Wildman–Crippen MR) is 97.3 cm³/mol. The highest BCUT2D eigenvalue weighted by Gasteiger charge is 2.20. The summed E-state index contributed by atoms with van der Waals surface area (Å²) in [6.07, 6.45) is -0.0445. The van der Waals surface area contributed by atoms with Gasteiger partial charge in [0.1, 0.15) is 5.75 Å². The van der Waals surface area contributed by atoms with Crippen LogP contribution in [-0.4, -0.2) is 34.5 Å². The maximum Gasteiger partial charge on any atom is 0.316 e. The van der Waals surface area contributed by atoms with E-state index in [1.54, 1.807) is 31.4 Å². The van der Waals surface area contributed by atoms with Crippen molar-refractivity contribution in [1.82, 2.24) is 5.32 Å². The molecule has 2 aromatic carbocycles. The topological polar surface area (TPSA) is 111 Å². The third kappa shape index (κ3) is 5.93. The third-order valence-electron chi connectivity index (χ3n) is 3.73. The first-order chi connectivity index (χ1) is 12.9. The van der Waals surface area contributed by atoms with Gasteiger partial charge in [-0.1, -0.05) is 12.1 Å². The van der Waals surface area contributed by atoms with Gasteiger partial charge in [0.05, 0.1) is 32.4 Å². The molecule has 0 aliphatic carbocycles. The van der Waals surface area contributed by atoms with Crippen LogP contribution in [0.5, 0.6) is 5.75 Å². The SMILES string of the molecule is COC(=O)CC(NC(=O)c1ccc(N=S(=O)=O)cc1)c1ccc(OC)cc1. The minimum atomic E-state index is -2.57. The van der Waals surface area contributed by atoms with Crippen LogP contribution in [-0.2, 0) is 20.0 Å². The van der Waals surface area contributed by atoms with Crippen molar-refractivity contribution in [3.05, 3.63) is 59.7 Å². The van der Waals surface area contributed by atoms with Crippen LogP contribution in [0.25, 0.3) is 0 Å². The van der Waals surface area contributed by atoms with Gasteiger partial charge < -0.3 is 14.8 Å². The summed E-state index contributed by atoms with van der Waals surface area (Å²) in [5.74, 6) is -0.241. The van der Waals surface area contributed by atoms with Crippen LogP contribution < -0.4 is 10.1 Å². The van der Waals surface area contributed by atoms with Gasteiger partial charge in [-0.25, -0.2) is 0 Å². The summed E-state index contributed by atoms with van der Waals surface area (Å²) in [5, 5.41) is 2.78. The fraction of sp³-hybridized carbons (Fsp3) is 0.222. The summed E-state index contributed by atoms with van der Waals surface area (Å²) in [4.78, 5) is 24.2. The second-order valence-electron chi connectivity index (χ2n) is 5.43. The molecular weight excluding hydrogens is 372 g/mol. The van der Waals surface area contributed by atoms with Gasteiger partial charge in [0.15, 0.2) is 0 Å². The summed E-state index contributed by atoms with van der Waals surface area (Å²) < 4.78 is 34.3. The lowest BCUT2D eigenvalue weighted by Gasteiger charge is -2.18. The molecule has 0 aliphatic rings. The molecule has 0 radical (unpaired) electrons. The molecule has 2 rings (SSSR count). The number of nitrogens with zero attached hydrogens (tertiary/aromatic N) is 1. The fourth-order valence-electron chi connectivity index (χ4n) is 2.34. The molecule has 0 spiro atoms. The number of ether oxygens (including phenoxy) is 2. The molecule has 0 saturated carbocycles. The summed E-state index contributed by atoms with van der Waals surface area (Å²) in [6.45, 7) is 0. The first-order valence-corrected chi connectivity index (χ1v) is 8.89. The van der Waals surface area contributed by atoms with Crippen LogP contribution in [0.1, 0.15) is 28.4 Å². The maximum atomic E-state index is 12.5. The summed E-state index contributed by atoms with van der Waals surface area (Å²) in [5.41, 5.74) is 1.22. The molecule has 1 N–H and O–H groups in total. The van der Waals surface area contributed by atoms with Gasteiger partial charge in [0.2, 0.25) is 0 Å². The van der Waals surface area contributed by atoms with Crippen molar-refractivity contribution in [2.75, 3.05) is 14.2 Å². The highest BCUT2D eigenvalue weighted by Crippen LogP contribution is 2.22. The van der Waals surface area contributed by atoms with Crippen molar-refractivity contribution in [1.29, 1.82) is 0 Å². The highest BCUT2D eigenvalue weighted by molar-refractivity contribution is 7.61. The Morgan fingerprint density at radius 2 is 1.67 bits per heavy atom. The van der Waals surface area contributed by atoms with E-state index in [1.165, 1.54) is 31.4 Å². The molecule has 9 heteroatoms. The van der Waals surface area contributed by atoms with E-state index in [-0.39, 0.29) is 12.1 Å². The summed E-state index contributed by atoms with van der Waals surface area (Å²) >= 11 is 0. The lowest BCUT2D eigenvalue weighted by atomic mass is 10.0. The second-order valence-corrected chi connectivity index (χ2v) is 6.05. The molecule has 1 amide bonds. The molecule has 1 unspecified atom stereocenters. The summed E-state index contributed by atoms with van der Waals surface area (Å²) in [6, 6.07) is 12.1. The van der Waals surface area contributed by atoms with Crippen LogP contribution in [0, 0.1) is 0 Å². The van der Waals surface area contributed by atoms with Crippen LogP contribution in [0.2, 0.25) is 0 Å². The van der Waals surface area contributed by atoms with Crippen LogP contribution in [0.3, 0.4) is 0 Å². The largest absolute Gasteiger partial charge is 0.497 e. The Hall–Kier alpha value is -3.20. The van der Waals surface area contributed by atoms with Crippen LogP contribution in [0.4, 0.5) is 5.69 Å². The molecule has 142 valence electrons. The van der Waals surface area contributed by atoms with E-state index in [4.69, 9.17) is 9.47 Å². The molecule has 1 atom stereocenters. The third-order valence-corrected chi connectivity index (χ3v) is 4.09. The quantitative estimate of drug-likeness (QED) is 0.727. The molecule has 0 saturated heterocycles. The number of methoxy groups -OCH3 is 2. The van der Waals surface area contributed by atoms with Crippen molar-refractivity contribution in [2.24, 2.45) is 4.36 Å². The standard InChI is InChI=1S/C18H18N2O6S/c1-25-15-9-5-12(6-10-15)16(11-17(21)26-2)19-18(22)13-3-7-14(8-4-13)20-27(23)24/h3-10,16H,11H2,1-2H3,(H,19,22). The average molecular weight is 390 g/mol. The number of hydrogen-bond acceptors (Lipinski definition) is 7. The normalized spacial score (nSPS) is 11.2. The maximum absolute atomic E-state index is 12.5. The van der Waals surface area contributed by atoms with Gasteiger partial charge in [-0.2, -0.15) is 8.42 Å². The molecule has 8 nitrogen and oxygen atoms in total. The molecule has 0 heterocycles. The van der Waals surface area contributed by atoms with Crippen molar-refractivity contribution in [3.63, 3.8) is 0 Å². The van der Waals surface area contributed by atoms with Crippen molar-refractivity contribution in [3.8, 4) is 5.75 Å². The lowest BCUT2D eigenvalue weighted by Crippen LogP contribution is -2.30. The molecular formula is C18H18N2O6S. The zero-order chi connectivity index (χ0) is 19.8. The molecule has 0 aliphatic heterocycles. The van der Waals surface area contributed by atoms with E-state index in [0.717, 1.165) is 0 Å². The number of benzene rings is 2. The van der Waals surface area contributed by atoms with E-state index >= 15 is 0 Å². The average Bonchev–Trinajstić information content (AvgIpc) is 2.67. The van der Waals surface area contributed by atoms with Gasteiger partial charge in [0, 0.05) is 5.56 Å². The molecule has 0 aromatic heterocycles. The Kier molecular flexibility index (Phi) is 7.07. The smallest absolute Gasteiger partial charge is 0.316 e. The van der Waals surface area contributed by atoms with E-state index < -0.39 is 28.4 Å².